The molecule has 0 saturated carbocycles. The minimum absolute atomic E-state index is 0.0861. The molecule has 5 heteroatoms. The Labute approximate surface area is 107 Å². The predicted octanol–water partition coefficient (Wildman–Crippen LogP) is 0.870. The Kier molecular flexibility index (Phi) is 5.09. The van der Waals surface area contributed by atoms with E-state index in [-0.39, 0.29) is 22.3 Å². The average Bonchev–Trinajstić information content (AvgIpc) is 2.41. The first-order chi connectivity index (χ1) is 8.58. The minimum atomic E-state index is -0.350. The first-order valence-electron chi connectivity index (χ1n) is 6.24. The van der Waals surface area contributed by atoms with Crippen LogP contribution in [-0.2, 0) is 0 Å². The minimum Gasteiger partial charge on any atom is -0.367 e. The summed E-state index contributed by atoms with van der Waals surface area (Å²) in [7, 11) is 0. The monoisotopic (exact) mass is 251 g/mol. The molecule has 18 heavy (non-hydrogen) atoms. The molecule has 1 heterocycles. The van der Waals surface area contributed by atoms with Crippen molar-refractivity contribution in [1.29, 1.82) is 0 Å². The fourth-order valence-corrected chi connectivity index (χ4v) is 1.82. The molecule has 0 radical (unpaired) electrons. The van der Waals surface area contributed by atoms with Gasteiger partial charge in [0.1, 0.15) is 5.56 Å². The molecule has 4 N–H and O–H groups in total. The number of amides is 1. The van der Waals surface area contributed by atoms with Crippen LogP contribution in [0.4, 0.5) is 0 Å². The molecule has 0 bridgehead atoms. The zero-order valence-electron chi connectivity index (χ0n) is 11.0. The van der Waals surface area contributed by atoms with Gasteiger partial charge in [-0.2, -0.15) is 0 Å². The van der Waals surface area contributed by atoms with Crippen molar-refractivity contribution in [3.05, 3.63) is 34.2 Å². The molecule has 1 aromatic heterocycles. The van der Waals surface area contributed by atoms with Crippen LogP contribution < -0.4 is 16.5 Å². The van der Waals surface area contributed by atoms with Crippen LogP contribution >= 0.6 is 0 Å². The molecule has 100 valence electrons. The van der Waals surface area contributed by atoms with Crippen molar-refractivity contribution >= 4 is 5.91 Å². The lowest BCUT2D eigenvalue weighted by atomic mass is 9.82. The van der Waals surface area contributed by atoms with Crippen LogP contribution in [0.3, 0.4) is 0 Å². The number of aromatic nitrogens is 1. The van der Waals surface area contributed by atoms with Gasteiger partial charge in [0.25, 0.3) is 5.91 Å². The number of nitrogens with two attached hydrogens (primary N) is 1. The summed E-state index contributed by atoms with van der Waals surface area (Å²) in [6.45, 7) is 5.12. The Balaban J connectivity index is 2.72. The SMILES string of the molecule is CCC(CC)(CN)CNC(=O)c1c[nH]ccc1=O. The quantitative estimate of drug-likeness (QED) is 0.701. The highest BCUT2D eigenvalue weighted by molar-refractivity contribution is 5.93. The third-order valence-electron chi connectivity index (χ3n) is 3.63. The summed E-state index contributed by atoms with van der Waals surface area (Å²) in [6, 6.07) is 1.34. The van der Waals surface area contributed by atoms with Gasteiger partial charge in [0.05, 0.1) is 0 Å². The summed E-state index contributed by atoms with van der Waals surface area (Å²) in [4.78, 5) is 26.1. The summed E-state index contributed by atoms with van der Waals surface area (Å²) in [5.74, 6) is -0.350. The maximum absolute atomic E-state index is 11.9. The fourth-order valence-electron chi connectivity index (χ4n) is 1.82. The number of carbonyl (C=O) groups is 1. The van der Waals surface area contributed by atoms with Crippen molar-refractivity contribution < 1.29 is 4.79 Å². The Morgan fingerprint density at radius 3 is 2.61 bits per heavy atom. The number of carbonyl (C=O) groups excluding carboxylic acids is 1. The highest BCUT2D eigenvalue weighted by Crippen LogP contribution is 2.23. The molecule has 1 rings (SSSR count). The van der Waals surface area contributed by atoms with Crippen molar-refractivity contribution in [3.8, 4) is 0 Å². The van der Waals surface area contributed by atoms with Gasteiger partial charge in [-0.15, -0.1) is 0 Å². The topological polar surface area (TPSA) is 88.0 Å². The molecule has 5 nitrogen and oxygen atoms in total. The lowest BCUT2D eigenvalue weighted by molar-refractivity contribution is 0.0926. The van der Waals surface area contributed by atoms with E-state index in [1.165, 1.54) is 18.5 Å². The largest absolute Gasteiger partial charge is 0.367 e. The van der Waals surface area contributed by atoms with Crippen LogP contribution in [0.1, 0.15) is 37.0 Å². The number of aromatic amines is 1. The smallest absolute Gasteiger partial charge is 0.256 e. The van der Waals surface area contributed by atoms with Crippen LogP contribution in [-0.4, -0.2) is 24.0 Å². The third kappa shape index (κ3) is 3.20. The molecule has 0 saturated heterocycles. The molecule has 0 atom stereocenters. The number of nitrogens with one attached hydrogen (secondary N) is 2. The first-order valence-corrected chi connectivity index (χ1v) is 6.24. The van der Waals surface area contributed by atoms with Gasteiger partial charge < -0.3 is 16.0 Å². The summed E-state index contributed by atoms with van der Waals surface area (Å²) in [5, 5.41) is 2.79. The van der Waals surface area contributed by atoms with Gasteiger partial charge in [0.15, 0.2) is 5.43 Å². The van der Waals surface area contributed by atoms with E-state index < -0.39 is 0 Å². The Bertz CT molecular complexity index is 441. The number of pyridine rings is 1. The molecular formula is C13H21N3O2. The maximum atomic E-state index is 11.9. The van der Waals surface area contributed by atoms with E-state index in [9.17, 15) is 9.59 Å². The molecule has 0 fully saturated rings. The predicted molar refractivity (Wildman–Crippen MR) is 71.5 cm³/mol. The molecule has 1 amide bonds. The van der Waals surface area contributed by atoms with E-state index in [4.69, 9.17) is 5.73 Å². The average molecular weight is 251 g/mol. The zero-order chi connectivity index (χ0) is 13.6. The molecule has 0 aliphatic heterocycles. The van der Waals surface area contributed by atoms with Crippen molar-refractivity contribution in [2.45, 2.75) is 26.7 Å². The molecule has 0 aliphatic carbocycles. The van der Waals surface area contributed by atoms with Gasteiger partial charge >= 0.3 is 0 Å². The van der Waals surface area contributed by atoms with Crippen LogP contribution in [0.15, 0.2) is 23.3 Å². The van der Waals surface area contributed by atoms with Crippen molar-refractivity contribution in [3.63, 3.8) is 0 Å². The second-order valence-corrected chi connectivity index (χ2v) is 4.52. The van der Waals surface area contributed by atoms with Gasteiger partial charge in [-0.1, -0.05) is 13.8 Å². The van der Waals surface area contributed by atoms with Gasteiger partial charge in [0, 0.05) is 25.0 Å². The van der Waals surface area contributed by atoms with E-state index >= 15 is 0 Å². The Morgan fingerprint density at radius 2 is 2.11 bits per heavy atom. The second-order valence-electron chi connectivity index (χ2n) is 4.52. The van der Waals surface area contributed by atoms with Gasteiger partial charge in [-0.25, -0.2) is 0 Å². The number of hydrogen-bond acceptors (Lipinski definition) is 3. The summed E-state index contributed by atoms with van der Waals surface area (Å²) in [5.41, 5.74) is 5.53. The number of hydrogen-bond donors (Lipinski definition) is 3. The zero-order valence-corrected chi connectivity index (χ0v) is 11.0. The van der Waals surface area contributed by atoms with E-state index in [0.717, 1.165) is 12.8 Å². The van der Waals surface area contributed by atoms with Crippen molar-refractivity contribution in [1.82, 2.24) is 10.3 Å². The normalized spacial score (nSPS) is 11.3. The van der Waals surface area contributed by atoms with E-state index in [2.05, 4.69) is 24.1 Å². The van der Waals surface area contributed by atoms with Gasteiger partial charge in [-0.05, 0) is 24.8 Å². The fraction of sp³-hybridized carbons (Fsp3) is 0.538. The van der Waals surface area contributed by atoms with Crippen LogP contribution in [0.2, 0.25) is 0 Å². The van der Waals surface area contributed by atoms with E-state index in [1.54, 1.807) is 0 Å². The highest BCUT2D eigenvalue weighted by atomic mass is 16.2. The van der Waals surface area contributed by atoms with Crippen LogP contribution in [0.25, 0.3) is 0 Å². The molecule has 0 spiro atoms. The Morgan fingerprint density at radius 1 is 1.44 bits per heavy atom. The maximum Gasteiger partial charge on any atom is 0.256 e. The van der Waals surface area contributed by atoms with Gasteiger partial charge in [-0.3, -0.25) is 9.59 Å². The van der Waals surface area contributed by atoms with E-state index in [0.29, 0.717) is 13.1 Å². The molecule has 0 aromatic carbocycles. The molecule has 0 aliphatic rings. The third-order valence-corrected chi connectivity index (χ3v) is 3.63. The van der Waals surface area contributed by atoms with Crippen molar-refractivity contribution in [2.24, 2.45) is 11.1 Å². The van der Waals surface area contributed by atoms with Crippen LogP contribution in [0.5, 0.6) is 0 Å². The first kappa shape index (κ1) is 14.4. The van der Waals surface area contributed by atoms with Crippen molar-refractivity contribution in [2.75, 3.05) is 13.1 Å². The summed E-state index contributed by atoms with van der Waals surface area (Å²) in [6.07, 6.45) is 4.71. The molecular weight excluding hydrogens is 230 g/mol. The standard InChI is InChI=1S/C13H21N3O2/c1-3-13(4-2,8-14)9-16-12(18)10-7-15-6-5-11(10)17/h5-7H,3-4,8-9,14H2,1-2H3,(H,15,17)(H,16,18). The highest BCUT2D eigenvalue weighted by Gasteiger charge is 2.25. The summed E-state index contributed by atoms with van der Waals surface area (Å²) >= 11 is 0. The Hall–Kier alpha value is -1.62. The number of H-pyrrole nitrogens is 1. The summed E-state index contributed by atoms with van der Waals surface area (Å²) < 4.78 is 0. The second kappa shape index (κ2) is 6.35. The van der Waals surface area contributed by atoms with Gasteiger partial charge in [0.2, 0.25) is 0 Å². The van der Waals surface area contributed by atoms with E-state index in [1.807, 2.05) is 0 Å². The molecule has 1 aromatic rings. The lowest BCUT2D eigenvalue weighted by Crippen LogP contribution is -2.42. The number of rotatable bonds is 6. The van der Waals surface area contributed by atoms with Crippen LogP contribution in [0, 0.1) is 5.41 Å². The molecule has 0 unspecified atom stereocenters. The lowest BCUT2D eigenvalue weighted by Gasteiger charge is -2.30.